The number of carbonyl (C=O) groups is 2. The number of hydrogen-bond acceptors (Lipinski definition) is 4. The highest BCUT2D eigenvalue weighted by molar-refractivity contribution is 5.85. The molecule has 2 fully saturated rings. The number of amides is 2. The van der Waals surface area contributed by atoms with Gasteiger partial charge < -0.3 is 14.5 Å². The highest BCUT2D eigenvalue weighted by Crippen LogP contribution is 2.37. The third kappa shape index (κ3) is 8.19. The first-order valence-electron chi connectivity index (χ1n) is 14.5. The Bertz CT molecular complexity index is 1180. The Morgan fingerprint density at radius 1 is 0.881 bits per heavy atom. The topological polar surface area (TPSA) is 53.1 Å². The van der Waals surface area contributed by atoms with Crippen LogP contribution in [0.3, 0.4) is 0 Å². The number of nitrogens with zero attached hydrogens (tertiary/aromatic N) is 3. The molecule has 0 aromatic heterocycles. The minimum atomic E-state index is -4.75. The monoisotopic (exact) mass is 609 g/mol. The fourth-order valence-electron chi connectivity index (χ4n) is 6.32. The second-order valence-corrected chi connectivity index (χ2v) is 12.5. The summed E-state index contributed by atoms with van der Waals surface area (Å²) in [6.07, 6.45) is -3.09. The van der Waals surface area contributed by atoms with E-state index in [1.54, 1.807) is 19.1 Å². The molecule has 6 nitrogen and oxygen atoms in total. The van der Waals surface area contributed by atoms with Crippen LogP contribution in [0, 0.1) is 17.3 Å². The number of hydrogen-bond donors (Lipinski definition) is 0. The van der Waals surface area contributed by atoms with Crippen molar-refractivity contribution in [3.63, 3.8) is 0 Å². The maximum absolute atomic E-state index is 14.0. The summed E-state index contributed by atoms with van der Waals surface area (Å²) in [6, 6.07) is 15.8. The molecule has 0 saturated carbocycles. The predicted molar refractivity (Wildman–Crippen MR) is 159 cm³/mol. The van der Waals surface area contributed by atoms with Crippen LogP contribution in [0.5, 0.6) is 5.75 Å². The van der Waals surface area contributed by atoms with E-state index in [4.69, 9.17) is 0 Å². The largest absolute Gasteiger partial charge is 0.573 e. The van der Waals surface area contributed by atoms with E-state index in [9.17, 15) is 22.8 Å². The molecular formula is C32H43ClF3N3O3. The van der Waals surface area contributed by atoms with Crippen LogP contribution >= 0.6 is 12.4 Å². The van der Waals surface area contributed by atoms with E-state index in [1.165, 1.54) is 12.1 Å². The SMILES string of the molecule is CC(=O)N1CCC(C(C)C(=O)N2CCN(C(c3ccccc3)c3ccc(OC(F)(F)F)cc3)C[C@@H]2C(C)(C)C)CC1.Cl. The number of piperazine rings is 1. The first kappa shape index (κ1) is 33.7. The second-order valence-electron chi connectivity index (χ2n) is 12.5. The fourth-order valence-corrected chi connectivity index (χ4v) is 6.32. The molecule has 10 heteroatoms. The third-order valence-electron chi connectivity index (χ3n) is 8.69. The first-order valence-corrected chi connectivity index (χ1v) is 14.5. The zero-order valence-corrected chi connectivity index (χ0v) is 25.9. The highest BCUT2D eigenvalue weighted by Gasteiger charge is 2.42. The minimum Gasteiger partial charge on any atom is -0.406 e. The first-order chi connectivity index (χ1) is 19.2. The van der Waals surface area contributed by atoms with Crippen LogP contribution in [0.15, 0.2) is 54.6 Å². The van der Waals surface area contributed by atoms with Crippen molar-refractivity contribution in [3.05, 3.63) is 65.7 Å². The highest BCUT2D eigenvalue weighted by atomic mass is 35.5. The van der Waals surface area contributed by atoms with Gasteiger partial charge in [-0.05, 0) is 47.4 Å². The smallest absolute Gasteiger partial charge is 0.406 e. The number of likely N-dealkylation sites (tertiary alicyclic amines) is 1. The molecule has 3 atom stereocenters. The average Bonchev–Trinajstić information content (AvgIpc) is 2.92. The van der Waals surface area contributed by atoms with Crippen molar-refractivity contribution in [2.24, 2.45) is 17.3 Å². The van der Waals surface area contributed by atoms with Crippen LogP contribution in [0.2, 0.25) is 0 Å². The molecule has 2 aromatic rings. The van der Waals surface area contributed by atoms with E-state index < -0.39 is 6.36 Å². The Labute approximate surface area is 253 Å². The lowest BCUT2D eigenvalue weighted by Crippen LogP contribution is -2.61. The summed E-state index contributed by atoms with van der Waals surface area (Å²) in [5.74, 6) is 0.106. The molecule has 2 aliphatic heterocycles. The van der Waals surface area contributed by atoms with E-state index in [-0.39, 0.29) is 59.3 Å². The van der Waals surface area contributed by atoms with E-state index in [0.29, 0.717) is 32.7 Å². The molecule has 2 aromatic carbocycles. The van der Waals surface area contributed by atoms with E-state index in [1.807, 2.05) is 42.2 Å². The predicted octanol–water partition coefficient (Wildman–Crippen LogP) is 6.55. The van der Waals surface area contributed by atoms with Crippen LogP contribution < -0.4 is 4.74 Å². The lowest BCUT2D eigenvalue weighted by molar-refractivity contribution is -0.274. The van der Waals surface area contributed by atoms with Crippen LogP contribution in [-0.4, -0.2) is 71.6 Å². The zero-order chi connectivity index (χ0) is 29.9. The molecule has 0 aliphatic carbocycles. The van der Waals surface area contributed by atoms with Gasteiger partial charge in [-0.25, -0.2) is 0 Å². The molecule has 232 valence electrons. The molecule has 0 N–H and O–H groups in total. The van der Waals surface area contributed by atoms with Gasteiger partial charge in [0.15, 0.2) is 0 Å². The van der Waals surface area contributed by atoms with E-state index in [2.05, 4.69) is 35.3 Å². The molecule has 2 heterocycles. The number of ether oxygens (including phenoxy) is 1. The van der Waals surface area contributed by atoms with Gasteiger partial charge in [0.1, 0.15) is 5.75 Å². The van der Waals surface area contributed by atoms with Crippen molar-refractivity contribution in [3.8, 4) is 5.75 Å². The van der Waals surface area contributed by atoms with Gasteiger partial charge in [0.05, 0.1) is 6.04 Å². The number of alkyl halides is 3. The van der Waals surface area contributed by atoms with Crippen LogP contribution in [0.1, 0.15) is 64.6 Å². The van der Waals surface area contributed by atoms with Crippen molar-refractivity contribution in [2.75, 3.05) is 32.7 Å². The Hall–Kier alpha value is -2.78. The lowest BCUT2D eigenvalue weighted by atomic mass is 9.80. The standard InChI is InChI=1S/C32H42F3N3O3.ClH/c1-22(24-15-17-36(18-16-24)23(2)39)30(40)38-20-19-37(21-28(38)31(3,4)5)29(25-9-7-6-8-10-25)26-11-13-27(14-12-26)41-32(33,34)35;/h6-14,22,24,28-29H,15-21H2,1-5H3;1H/t22?,28-,29?;/m1./s1. The second kappa shape index (κ2) is 13.7. The summed E-state index contributed by atoms with van der Waals surface area (Å²) in [5, 5.41) is 0. The van der Waals surface area contributed by atoms with Crippen LogP contribution in [-0.2, 0) is 9.59 Å². The van der Waals surface area contributed by atoms with Gasteiger partial charge >= 0.3 is 6.36 Å². The molecule has 0 spiro atoms. The quantitative estimate of drug-likeness (QED) is 0.373. The van der Waals surface area contributed by atoms with Gasteiger partial charge in [0.25, 0.3) is 0 Å². The Morgan fingerprint density at radius 3 is 1.98 bits per heavy atom. The number of halogens is 4. The Balaban J connectivity index is 0.00000484. The fraction of sp³-hybridized carbons (Fsp3) is 0.562. The zero-order valence-electron chi connectivity index (χ0n) is 25.1. The molecular weight excluding hydrogens is 567 g/mol. The average molecular weight is 610 g/mol. The number of rotatable bonds is 6. The van der Waals surface area contributed by atoms with E-state index >= 15 is 0 Å². The molecule has 4 rings (SSSR count). The maximum Gasteiger partial charge on any atom is 0.573 e. The lowest BCUT2D eigenvalue weighted by Gasteiger charge is -2.50. The molecule has 0 radical (unpaired) electrons. The molecule has 2 aliphatic rings. The van der Waals surface area contributed by atoms with Crippen LogP contribution in [0.4, 0.5) is 13.2 Å². The summed E-state index contributed by atoms with van der Waals surface area (Å²) in [5.41, 5.74) is 1.70. The van der Waals surface area contributed by atoms with Gasteiger partial charge in [-0.3, -0.25) is 14.5 Å². The molecule has 42 heavy (non-hydrogen) atoms. The number of carbonyl (C=O) groups excluding carboxylic acids is 2. The van der Waals surface area contributed by atoms with Crippen LogP contribution in [0.25, 0.3) is 0 Å². The summed E-state index contributed by atoms with van der Waals surface area (Å²) in [7, 11) is 0. The maximum atomic E-state index is 14.0. The number of benzene rings is 2. The summed E-state index contributed by atoms with van der Waals surface area (Å²) in [6.45, 7) is 13.3. The summed E-state index contributed by atoms with van der Waals surface area (Å²) in [4.78, 5) is 32.0. The summed E-state index contributed by atoms with van der Waals surface area (Å²) < 4.78 is 42.4. The van der Waals surface area contributed by atoms with Gasteiger partial charge in [0, 0.05) is 51.6 Å². The van der Waals surface area contributed by atoms with Gasteiger partial charge in [-0.1, -0.05) is 70.2 Å². The van der Waals surface area contributed by atoms with E-state index in [0.717, 1.165) is 24.0 Å². The summed E-state index contributed by atoms with van der Waals surface area (Å²) >= 11 is 0. The van der Waals surface area contributed by atoms with Crippen molar-refractivity contribution < 1.29 is 27.5 Å². The Morgan fingerprint density at radius 2 is 1.45 bits per heavy atom. The number of piperidine rings is 1. The van der Waals surface area contributed by atoms with Gasteiger partial charge in [0.2, 0.25) is 11.8 Å². The van der Waals surface area contributed by atoms with Crippen molar-refractivity contribution in [1.29, 1.82) is 0 Å². The normalized spacial score (nSPS) is 20.4. The van der Waals surface area contributed by atoms with Crippen molar-refractivity contribution in [1.82, 2.24) is 14.7 Å². The minimum absolute atomic E-state index is 0. The third-order valence-corrected chi connectivity index (χ3v) is 8.69. The molecule has 2 saturated heterocycles. The van der Waals surface area contributed by atoms with Crippen molar-refractivity contribution >= 4 is 24.2 Å². The Kier molecular flexibility index (Phi) is 11.0. The molecule has 2 amide bonds. The van der Waals surface area contributed by atoms with Crippen molar-refractivity contribution in [2.45, 2.75) is 65.9 Å². The van der Waals surface area contributed by atoms with Gasteiger partial charge in [-0.15, -0.1) is 25.6 Å². The molecule has 0 bridgehead atoms. The van der Waals surface area contributed by atoms with Gasteiger partial charge in [-0.2, -0.15) is 0 Å². The molecule has 2 unspecified atom stereocenters.